The quantitative estimate of drug-likeness (QED) is 0.616. The summed E-state index contributed by atoms with van der Waals surface area (Å²) < 4.78 is 0. The van der Waals surface area contributed by atoms with Crippen LogP contribution in [-0.4, -0.2) is 28.8 Å². The summed E-state index contributed by atoms with van der Waals surface area (Å²) >= 11 is 0. The van der Waals surface area contributed by atoms with Crippen LogP contribution in [0.3, 0.4) is 0 Å². The largest absolute Gasteiger partial charge is 0.398 e. The van der Waals surface area contributed by atoms with E-state index in [0.717, 1.165) is 0 Å². The molecule has 8 heteroatoms. The SMILES string of the molecule is CC(=O)Nc1ccc(N)c(C(=O)ON2C(=O)CCC2=O)c1. The van der Waals surface area contributed by atoms with Crippen LogP contribution >= 0.6 is 0 Å². The van der Waals surface area contributed by atoms with Crippen LogP contribution in [0, 0.1) is 0 Å². The van der Waals surface area contributed by atoms with Crippen LogP contribution in [0.15, 0.2) is 18.2 Å². The molecule has 1 aromatic carbocycles. The molecule has 1 fully saturated rings. The molecule has 0 bridgehead atoms. The molecule has 0 aromatic heterocycles. The van der Waals surface area contributed by atoms with Gasteiger partial charge in [0, 0.05) is 31.1 Å². The number of rotatable bonds is 3. The van der Waals surface area contributed by atoms with Gasteiger partial charge in [-0.3, -0.25) is 14.4 Å². The number of hydrogen-bond acceptors (Lipinski definition) is 6. The number of amides is 3. The number of hydroxylamine groups is 2. The molecule has 8 nitrogen and oxygen atoms in total. The molecular formula is C13H13N3O5. The number of nitrogens with zero attached hydrogens (tertiary/aromatic N) is 1. The van der Waals surface area contributed by atoms with E-state index in [4.69, 9.17) is 10.6 Å². The van der Waals surface area contributed by atoms with E-state index in [1.54, 1.807) is 0 Å². The number of carbonyl (C=O) groups is 4. The van der Waals surface area contributed by atoms with Gasteiger partial charge in [-0.25, -0.2) is 4.79 Å². The van der Waals surface area contributed by atoms with E-state index in [2.05, 4.69) is 5.32 Å². The predicted molar refractivity (Wildman–Crippen MR) is 71.7 cm³/mol. The standard InChI is InChI=1S/C13H13N3O5/c1-7(17)15-8-2-3-10(14)9(6-8)13(20)21-16-11(18)4-5-12(16)19/h2-3,6H,4-5,14H2,1H3,(H,15,17). The van der Waals surface area contributed by atoms with Crippen molar-refractivity contribution in [2.75, 3.05) is 11.1 Å². The van der Waals surface area contributed by atoms with Crippen LogP contribution < -0.4 is 11.1 Å². The summed E-state index contributed by atoms with van der Waals surface area (Å²) in [6.45, 7) is 1.32. The van der Waals surface area contributed by atoms with E-state index in [1.165, 1.54) is 25.1 Å². The van der Waals surface area contributed by atoms with Gasteiger partial charge in [0.15, 0.2) is 0 Å². The van der Waals surface area contributed by atoms with Crippen LogP contribution in [0.25, 0.3) is 0 Å². The van der Waals surface area contributed by atoms with Gasteiger partial charge in [0.1, 0.15) is 0 Å². The van der Waals surface area contributed by atoms with Crippen LogP contribution in [0.1, 0.15) is 30.1 Å². The van der Waals surface area contributed by atoms with Gasteiger partial charge in [-0.05, 0) is 18.2 Å². The minimum atomic E-state index is -0.941. The second kappa shape index (κ2) is 5.61. The van der Waals surface area contributed by atoms with Gasteiger partial charge < -0.3 is 15.9 Å². The van der Waals surface area contributed by atoms with E-state index >= 15 is 0 Å². The Bertz CT molecular complexity index is 625. The summed E-state index contributed by atoms with van der Waals surface area (Å²) in [6, 6.07) is 4.24. The highest BCUT2D eigenvalue weighted by Gasteiger charge is 2.33. The summed E-state index contributed by atoms with van der Waals surface area (Å²) in [4.78, 5) is 50.5. The van der Waals surface area contributed by atoms with Gasteiger partial charge in [0.25, 0.3) is 11.8 Å². The minimum Gasteiger partial charge on any atom is -0.398 e. The van der Waals surface area contributed by atoms with Crippen molar-refractivity contribution in [3.05, 3.63) is 23.8 Å². The first-order valence-corrected chi connectivity index (χ1v) is 6.13. The Morgan fingerprint density at radius 2 is 1.86 bits per heavy atom. The van der Waals surface area contributed by atoms with Crippen molar-refractivity contribution >= 4 is 35.1 Å². The number of benzene rings is 1. The first-order chi connectivity index (χ1) is 9.88. The Morgan fingerprint density at radius 1 is 1.24 bits per heavy atom. The summed E-state index contributed by atoms with van der Waals surface area (Å²) in [5.41, 5.74) is 6.07. The Morgan fingerprint density at radius 3 is 2.43 bits per heavy atom. The molecule has 110 valence electrons. The van der Waals surface area contributed by atoms with E-state index in [0.29, 0.717) is 10.8 Å². The molecule has 0 unspecified atom stereocenters. The summed E-state index contributed by atoms with van der Waals surface area (Å²) in [7, 11) is 0. The van der Waals surface area contributed by atoms with Gasteiger partial charge in [-0.15, -0.1) is 5.06 Å². The Balaban J connectivity index is 2.20. The maximum atomic E-state index is 12.0. The minimum absolute atomic E-state index is 0.00747. The Kier molecular flexibility index (Phi) is 3.88. The molecule has 1 heterocycles. The fraction of sp³-hybridized carbons (Fsp3) is 0.231. The number of carbonyl (C=O) groups excluding carboxylic acids is 4. The highest BCUT2D eigenvalue weighted by Crippen LogP contribution is 2.21. The maximum absolute atomic E-state index is 12.0. The van der Waals surface area contributed by atoms with E-state index < -0.39 is 17.8 Å². The number of imide groups is 1. The van der Waals surface area contributed by atoms with Crippen molar-refractivity contribution in [1.29, 1.82) is 0 Å². The molecule has 1 saturated heterocycles. The average Bonchev–Trinajstić information content (AvgIpc) is 2.72. The number of anilines is 2. The molecule has 1 aromatic rings. The number of nitrogens with two attached hydrogens (primary N) is 1. The van der Waals surface area contributed by atoms with Crippen LogP contribution in [-0.2, 0) is 19.2 Å². The fourth-order valence-corrected chi connectivity index (χ4v) is 1.80. The molecule has 3 amide bonds. The van der Waals surface area contributed by atoms with Crippen LogP contribution in [0.5, 0.6) is 0 Å². The molecule has 21 heavy (non-hydrogen) atoms. The van der Waals surface area contributed by atoms with Crippen molar-refractivity contribution in [2.24, 2.45) is 0 Å². The average molecular weight is 291 g/mol. The molecule has 2 rings (SSSR count). The molecular weight excluding hydrogens is 278 g/mol. The summed E-state index contributed by atoms with van der Waals surface area (Å²) in [5, 5.41) is 2.93. The monoisotopic (exact) mass is 291 g/mol. The zero-order valence-corrected chi connectivity index (χ0v) is 11.2. The van der Waals surface area contributed by atoms with Gasteiger partial charge in [0.05, 0.1) is 5.56 Å². The lowest BCUT2D eigenvalue weighted by Crippen LogP contribution is -2.32. The van der Waals surface area contributed by atoms with Crippen molar-refractivity contribution in [2.45, 2.75) is 19.8 Å². The molecule has 0 radical (unpaired) electrons. The highest BCUT2D eigenvalue weighted by molar-refractivity contribution is 6.04. The summed E-state index contributed by atoms with van der Waals surface area (Å²) in [6.07, 6.45) is 0.0149. The third-order valence-corrected chi connectivity index (χ3v) is 2.77. The molecule has 3 N–H and O–H groups in total. The smallest absolute Gasteiger partial charge is 0.366 e. The molecule has 1 aliphatic rings. The van der Waals surface area contributed by atoms with Crippen LogP contribution in [0.2, 0.25) is 0 Å². The van der Waals surface area contributed by atoms with Gasteiger partial charge in [0.2, 0.25) is 5.91 Å². The molecule has 0 saturated carbocycles. The predicted octanol–water partition coefficient (Wildman–Crippen LogP) is 0.448. The maximum Gasteiger partial charge on any atom is 0.366 e. The second-order valence-corrected chi connectivity index (χ2v) is 4.44. The first kappa shape index (κ1) is 14.5. The normalized spacial score (nSPS) is 14.2. The van der Waals surface area contributed by atoms with E-state index in [-0.39, 0.29) is 30.0 Å². The lowest BCUT2D eigenvalue weighted by atomic mass is 10.1. The van der Waals surface area contributed by atoms with E-state index in [9.17, 15) is 19.2 Å². The highest BCUT2D eigenvalue weighted by atomic mass is 16.7. The van der Waals surface area contributed by atoms with Crippen molar-refractivity contribution in [1.82, 2.24) is 5.06 Å². The first-order valence-electron chi connectivity index (χ1n) is 6.13. The lowest BCUT2D eigenvalue weighted by molar-refractivity contribution is -0.172. The zero-order valence-electron chi connectivity index (χ0n) is 11.2. The van der Waals surface area contributed by atoms with Gasteiger partial charge in [-0.2, -0.15) is 0 Å². The van der Waals surface area contributed by atoms with Crippen LogP contribution in [0.4, 0.5) is 11.4 Å². The number of nitrogens with one attached hydrogen (secondary N) is 1. The number of nitrogen functional groups attached to an aromatic ring is 1. The number of hydrogen-bond donors (Lipinski definition) is 2. The fourth-order valence-electron chi connectivity index (χ4n) is 1.80. The van der Waals surface area contributed by atoms with E-state index in [1.807, 2.05) is 0 Å². The zero-order chi connectivity index (χ0) is 15.6. The Hall–Kier alpha value is -2.90. The van der Waals surface area contributed by atoms with Crippen molar-refractivity contribution in [3.8, 4) is 0 Å². The molecule has 1 aliphatic heterocycles. The molecule has 0 aliphatic carbocycles. The third kappa shape index (κ3) is 3.16. The topological polar surface area (TPSA) is 119 Å². The molecule has 0 spiro atoms. The Labute approximate surface area is 119 Å². The lowest BCUT2D eigenvalue weighted by Gasteiger charge is -2.14. The van der Waals surface area contributed by atoms with Gasteiger partial charge in [-0.1, -0.05) is 0 Å². The summed E-state index contributed by atoms with van der Waals surface area (Å²) in [5.74, 6) is -2.41. The van der Waals surface area contributed by atoms with Crippen molar-refractivity contribution < 1.29 is 24.0 Å². The van der Waals surface area contributed by atoms with Crippen molar-refractivity contribution in [3.63, 3.8) is 0 Å². The molecule has 0 atom stereocenters. The van der Waals surface area contributed by atoms with Gasteiger partial charge >= 0.3 is 5.97 Å². The third-order valence-electron chi connectivity index (χ3n) is 2.77. The second-order valence-electron chi connectivity index (χ2n) is 4.44.